The van der Waals surface area contributed by atoms with Crippen LogP contribution in [0.5, 0.6) is 0 Å². The van der Waals surface area contributed by atoms with Crippen molar-refractivity contribution in [3.05, 3.63) is 194 Å². The van der Waals surface area contributed by atoms with Gasteiger partial charge in [0, 0.05) is 32.9 Å². The SMILES string of the molecule is c1ccc(-n2c3ccc(-c4ccc(-c5ccc6c(c5)c5c7ccccc7ccc5n6-c5ccccc5)cc4)cc3c3c4ccccc4ccc32)cc1. The molecule has 0 aliphatic heterocycles. The number of para-hydroxylation sites is 2. The highest BCUT2D eigenvalue weighted by Crippen LogP contribution is 2.41. The number of nitrogens with zero attached hydrogens (tertiary/aromatic N) is 2. The van der Waals surface area contributed by atoms with E-state index >= 15 is 0 Å². The lowest BCUT2D eigenvalue weighted by Gasteiger charge is -2.09. The van der Waals surface area contributed by atoms with Crippen molar-refractivity contribution in [3.8, 4) is 33.6 Å². The smallest absolute Gasteiger partial charge is 0.0547 e. The summed E-state index contributed by atoms with van der Waals surface area (Å²) in [5.41, 5.74) is 12.1. The minimum atomic E-state index is 1.17. The number of benzene rings is 9. The van der Waals surface area contributed by atoms with Crippen molar-refractivity contribution in [3.63, 3.8) is 0 Å². The fourth-order valence-corrected chi connectivity index (χ4v) is 8.51. The summed E-state index contributed by atoms with van der Waals surface area (Å²) in [5, 5.41) is 10.2. The first-order valence-electron chi connectivity index (χ1n) is 17.9. The normalized spacial score (nSPS) is 11.8. The number of rotatable bonds is 4. The van der Waals surface area contributed by atoms with E-state index in [-0.39, 0.29) is 0 Å². The van der Waals surface area contributed by atoms with Crippen LogP contribution < -0.4 is 0 Å². The highest BCUT2D eigenvalue weighted by atomic mass is 15.0. The number of hydrogen-bond acceptors (Lipinski definition) is 0. The first kappa shape index (κ1) is 28.9. The van der Waals surface area contributed by atoms with E-state index in [2.05, 4.69) is 203 Å². The maximum absolute atomic E-state index is 2.40. The van der Waals surface area contributed by atoms with E-state index < -0.39 is 0 Å². The Hall–Kier alpha value is -6.90. The molecule has 0 saturated carbocycles. The van der Waals surface area contributed by atoms with Gasteiger partial charge in [-0.2, -0.15) is 0 Å². The monoisotopic (exact) mass is 660 g/mol. The summed E-state index contributed by atoms with van der Waals surface area (Å²) in [7, 11) is 0. The molecule has 0 N–H and O–H groups in total. The van der Waals surface area contributed by atoms with Crippen molar-refractivity contribution in [2.75, 3.05) is 0 Å². The Balaban J connectivity index is 1.06. The van der Waals surface area contributed by atoms with Crippen LogP contribution in [-0.4, -0.2) is 9.13 Å². The molecular formula is C50H32N2. The zero-order valence-electron chi connectivity index (χ0n) is 28.4. The van der Waals surface area contributed by atoms with Gasteiger partial charge in [-0.3, -0.25) is 0 Å². The molecule has 242 valence electrons. The molecule has 11 aromatic rings. The predicted octanol–water partition coefficient (Wildman–Crippen LogP) is 13.5. The van der Waals surface area contributed by atoms with E-state index in [4.69, 9.17) is 0 Å². The van der Waals surface area contributed by atoms with Gasteiger partial charge in [-0.1, -0.05) is 133 Å². The molecule has 0 unspecified atom stereocenters. The lowest BCUT2D eigenvalue weighted by molar-refractivity contribution is 1.18. The topological polar surface area (TPSA) is 9.86 Å². The second-order valence-corrected chi connectivity index (χ2v) is 13.7. The fraction of sp³-hybridized carbons (Fsp3) is 0. The van der Waals surface area contributed by atoms with Gasteiger partial charge in [0.15, 0.2) is 0 Å². The molecule has 2 nitrogen and oxygen atoms in total. The minimum absolute atomic E-state index is 1.17. The van der Waals surface area contributed by atoms with Gasteiger partial charge >= 0.3 is 0 Å². The molecular weight excluding hydrogens is 629 g/mol. The molecule has 0 spiro atoms. The Kier molecular flexibility index (Phi) is 6.28. The van der Waals surface area contributed by atoms with Crippen LogP contribution in [0.15, 0.2) is 194 Å². The van der Waals surface area contributed by atoms with Crippen LogP contribution in [-0.2, 0) is 0 Å². The van der Waals surface area contributed by atoms with E-state index in [0.29, 0.717) is 0 Å². The Morgan fingerprint density at radius 2 is 0.615 bits per heavy atom. The lowest BCUT2D eigenvalue weighted by Crippen LogP contribution is -1.93. The first-order chi connectivity index (χ1) is 25.8. The summed E-state index contributed by atoms with van der Waals surface area (Å²) in [6.45, 7) is 0. The molecule has 0 aliphatic carbocycles. The maximum Gasteiger partial charge on any atom is 0.0547 e. The zero-order valence-corrected chi connectivity index (χ0v) is 28.4. The molecule has 11 rings (SSSR count). The van der Waals surface area contributed by atoms with Gasteiger partial charge in [-0.15, -0.1) is 0 Å². The average Bonchev–Trinajstić information content (AvgIpc) is 3.74. The predicted molar refractivity (Wildman–Crippen MR) is 221 cm³/mol. The molecule has 0 atom stereocenters. The van der Waals surface area contributed by atoms with Crippen LogP contribution in [0.1, 0.15) is 0 Å². The number of fused-ring (bicyclic) bond motifs is 10. The van der Waals surface area contributed by atoms with Crippen molar-refractivity contribution >= 4 is 65.2 Å². The highest BCUT2D eigenvalue weighted by molar-refractivity contribution is 6.23. The Labute approximate surface area is 301 Å². The van der Waals surface area contributed by atoms with Crippen molar-refractivity contribution in [1.29, 1.82) is 0 Å². The Bertz CT molecular complexity index is 2930. The van der Waals surface area contributed by atoms with Crippen LogP contribution in [0.4, 0.5) is 0 Å². The lowest BCUT2D eigenvalue weighted by atomic mass is 9.97. The average molecular weight is 661 g/mol. The Morgan fingerprint density at radius 1 is 0.250 bits per heavy atom. The van der Waals surface area contributed by atoms with E-state index in [1.54, 1.807) is 0 Å². The molecule has 52 heavy (non-hydrogen) atoms. The summed E-state index contributed by atoms with van der Waals surface area (Å²) in [6.07, 6.45) is 0. The molecule has 0 saturated heterocycles. The van der Waals surface area contributed by atoms with Gasteiger partial charge < -0.3 is 9.13 Å². The van der Waals surface area contributed by atoms with Crippen molar-refractivity contribution in [2.24, 2.45) is 0 Å². The third kappa shape index (κ3) is 4.31. The van der Waals surface area contributed by atoms with Gasteiger partial charge in [-0.25, -0.2) is 0 Å². The standard InChI is InChI=1S/C50H32N2/c1-3-13-39(14-4-1)51-45-27-25-37(31-43(45)49-41-17-9-7-11-35(41)23-29-47(49)51)33-19-21-34(22-20-33)38-26-28-46-44(32-38)50-42-18-10-8-12-36(42)24-30-48(50)52(46)40-15-5-2-6-16-40/h1-32H. The van der Waals surface area contributed by atoms with Gasteiger partial charge in [-0.05, 0) is 104 Å². The molecule has 0 bridgehead atoms. The summed E-state index contributed by atoms with van der Waals surface area (Å²) in [4.78, 5) is 0. The van der Waals surface area contributed by atoms with Gasteiger partial charge in [0.2, 0.25) is 0 Å². The maximum atomic E-state index is 2.40. The van der Waals surface area contributed by atoms with Crippen LogP contribution in [0.2, 0.25) is 0 Å². The molecule has 2 heterocycles. The summed E-state index contributed by atoms with van der Waals surface area (Å²) >= 11 is 0. The Morgan fingerprint density at radius 3 is 1.06 bits per heavy atom. The van der Waals surface area contributed by atoms with Gasteiger partial charge in [0.25, 0.3) is 0 Å². The first-order valence-corrected chi connectivity index (χ1v) is 17.9. The van der Waals surface area contributed by atoms with Crippen LogP contribution >= 0.6 is 0 Å². The van der Waals surface area contributed by atoms with E-state index in [0.717, 1.165) is 0 Å². The zero-order chi connectivity index (χ0) is 34.2. The summed E-state index contributed by atoms with van der Waals surface area (Å²) < 4.78 is 4.80. The highest BCUT2D eigenvalue weighted by Gasteiger charge is 2.18. The second-order valence-electron chi connectivity index (χ2n) is 13.7. The molecule has 2 aromatic heterocycles. The largest absolute Gasteiger partial charge is 0.309 e. The second kappa shape index (κ2) is 11.3. The summed E-state index contributed by atoms with van der Waals surface area (Å²) in [5.74, 6) is 0. The van der Waals surface area contributed by atoms with Crippen LogP contribution in [0.3, 0.4) is 0 Å². The van der Waals surface area contributed by atoms with Crippen molar-refractivity contribution in [2.45, 2.75) is 0 Å². The fourth-order valence-electron chi connectivity index (χ4n) is 8.51. The summed E-state index contributed by atoms with van der Waals surface area (Å²) in [6, 6.07) is 70.9. The van der Waals surface area contributed by atoms with Crippen molar-refractivity contribution in [1.82, 2.24) is 9.13 Å². The number of hydrogen-bond donors (Lipinski definition) is 0. The molecule has 9 aromatic carbocycles. The van der Waals surface area contributed by atoms with Gasteiger partial charge in [0.05, 0.1) is 22.1 Å². The van der Waals surface area contributed by atoms with Gasteiger partial charge in [0.1, 0.15) is 0 Å². The molecule has 0 fully saturated rings. The third-order valence-electron chi connectivity index (χ3n) is 10.9. The quantitative estimate of drug-likeness (QED) is 0.178. The van der Waals surface area contributed by atoms with Crippen LogP contribution in [0, 0.1) is 0 Å². The molecule has 2 heteroatoms. The van der Waals surface area contributed by atoms with E-state index in [9.17, 15) is 0 Å². The third-order valence-corrected chi connectivity index (χ3v) is 10.9. The van der Waals surface area contributed by atoms with Crippen LogP contribution in [0.25, 0.3) is 98.8 Å². The molecule has 0 aliphatic rings. The van der Waals surface area contributed by atoms with E-state index in [1.807, 2.05) is 0 Å². The minimum Gasteiger partial charge on any atom is -0.309 e. The molecule has 0 radical (unpaired) electrons. The van der Waals surface area contributed by atoms with Crippen molar-refractivity contribution < 1.29 is 0 Å². The number of aromatic nitrogens is 2. The molecule has 0 amide bonds. The van der Waals surface area contributed by atoms with E-state index in [1.165, 1.54) is 98.8 Å².